The molecule has 0 unspecified atom stereocenters. The second-order valence-electron chi connectivity index (χ2n) is 6.55. The minimum Gasteiger partial charge on any atom is -0.457 e. The average Bonchev–Trinajstić information content (AvgIpc) is 3.02. The molecule has 0 radical (unpaired) electrons. The number of esters is 1. The molecule has 0 amide bonds. The lowest BCUT2D eigenvalue weighted by Crippen LogP contribution is -2.16. The fourth-order valence-corrected chi connectivity index (χ4v) is 4.12. The fourth-order valence-electron chi connectivity index (χ4n) is 3.01. The van der Waals surface area contributed by atoms with E-state index in [0.717, 1.165) is 22.0 Å². The van der Waals surface area contributed by atoms with Crippen LogP contribution in [0.4, 0.5) is 0 Å². The first-order chi connectivity index (χ1) is 14.3. The number of carbonyl (C=O) groups is 2. The Morgan fingerprint density at radius 1 is 0.967 bits per heavy atom. The lowest BCUT2D eigenvalue weighted by molar-refractivity contribution is -0.139. The molecular formula is C22H18Cl3NO3S. The summed E-state index contributed by atoms with van der Waals surface area (Å²) in [4.78, 5) is 25.5. The van der Waals surface area contributed by atoms with Gasteiger partial charge in [-0.15, -0.1) is 11.8 Å². The van der Waals surface area contributed by atoms with Crippen molar-refractivity contribution in [3.8, 4) is 5.69 Å². The summed E-state index contributed by atoms with van der Waals surface area (Å²) in [6.45, 7) is 3.41. The first-order valence-corrected chi connectivity index (χ1v) is 11.1. The van der Waals surface area contributed by atoms with Crippen LogP contribution in [0, 0.1) is 13.8 Å². The number of aryl methyl sites for hydroxylation is 1. The first kappa shape index (κ1) is 22.8. The number of hydrogen-bond acceptors (Lipinski definition) is 4. The largest absolute Gasteiger partial charge is 0.457 e. The minimum absolute atomic E-state index is 0.108. The molecule has 8 heteroatoms. The number of aromatic nitrogens is 1. The van der Waals surface area contributed by atoms with Crippen molar-refractivity contribution in [3.63, 3.8) is 0 Å². The Hall–Kier alpha value is -1.92. The molecule has 0 saturated carbocycles. The monoisotopic (exact) mass is 481 g/mol. The summed E-state index contributed by atoms with van der Waals surface area (Å²) in [6, 6.07) is 14.2. The van der Waals surface area contributed by atoms with Gasteiger partial charge in [-0.2, -0.15) is 0 Å². The maximum atomic E-state index is 12.6. The van der Waals surface area contributed by atoms with E-state index in [1.807, 2.05) is 36.6 Å². The maximum Gasteiger partial charge on any atom is 0.316 e. The predicted molar refractivity (Wildman–Crippen MR) is 123 cm³/mol. The smallest absolute Gasteiger partial charge is 0.316 e. The zero-order valence-electron chi connectivity index (χ0n) is 16.2. The molecule has 30 heavy (non-hydrogen) atoms. The maximum absolute atomic E-state index is 12.6. The summed E-state index contributed by atoms with van der Waals surface area (Å²) < 4.78 is 7.08. The van der Waals surface area contributed by atoms with Gasteiger partial charge in [-0.3, -0.25) is 9.59 Å². The number of ketones is 1. The van der Waals surface area contributed by atoms with Crippen LogP contribution in [0.2, 0.25) is 15.1 Å². The molecule has 156 valence electrons. The number of nitrogens with zero attached hydrogens (tertiary/aromatic N) is 1. The molecule has 0 spiro atoms. The molecule has 0 saturated heterocycles. The third kappa shape index (κ3) is 5.41. The lowest BCUT2D eigenvalue weighted by Gasteiger charge is -2.11. The van der Waals surface area contributed by atoms with Crippen LogP contribution in [-0.2, 0) is 9.53 Å². The Kier molecular flexibility index (Phi) is 7.53. The van der Waals surface area contributed by atoms with Gasteiger partial charge in [-0.05, 0) is 62.4 Å². The highest BCUT2D eigenvalue weighted by Crippen LogP contribution is 2.28. The zero-order valence-corrected chi connectivity index (χ0v) is 19.3. The van der Waals surface area contributed by atoms with Crippen molar-refractivity contribution in [3.05, 3.63) is 80.6 Å². The van der Waals surface area contributed by atoms with Crippen LogP contribution in [0.5, 0.6) is 0 Å². The average molecular weight is 483 g/mol. The molecule has 0 bridgehead atoms. The molecule has 1 aromatic heterocycles. The highest BCUT2D eigenvalue weighted by molar-refractivity contribution is 8.00. The van der Waals surface area contributed by atoms with E-state index in [-0.39, 0.29) is 18.1 Å². The van der Waals surface area contributed by atoms with E-state index >= 15 is 0 Å². The van der Waals surface area contributed by atoms with E-state index in [9.17, 15) is 9.59 Å². The normalized spacial score (nSPS) is 10.8. The van der Waals surface area contributed by atoms with Gasteiger partial charge in [0.05, 0.1) is 15.8 Å². The van der Waals surface area contributed by atoms with E-state index < -0.39 is 5.97 Å². The van der Waals surface area contributed by atoms with Gasteiger partial charge in [0.25, 0.3) is 0 Å². The molecule has 0 N–H and O–H groups in total. The van der Waals surface area contributed by atoms with E-state index in [1.165, 1.54) is 11.8 Å². The Bertz CT molecular complexity index is 1090. The van der Waals surface area contributed by atoms with Crippen LogP contribution < -0.4 is 0 Å². The van der Waals surface area contributed by atoms with E-state index in [2.05, 4.69) is 0 Å². The number of carbonyl (C=O) groups excluding carboxylic acids is 2. The zero-order chi connectivity index (χ0) is 21.8. The SMILES string of the molecule is Cc1cc(C(=O)COC(=O)CSc2ccc(Cl)cc2)c(C)n1-c1ccc(Cl)c(Cl)c1. The number of ether oxygens (including phenoxy) is 1. The summed E-state index contributed by atoms with van der Waals surface area (Å²) in [5.41, 5.74) is 2.90. The highest BCUT2D eigenvalue weighted by Gasteiger charge is 2.18. The molecule has 0 aliphatic heterocycles. The van der Waals surface area contributed by atoms with E-state index in [4.69, 9.17) is 39.5 Å². The van der Waals surface area contributed by atoms with Gasteiger partial charge in [0.1, 0.15) is 0 Å². The molecule has 4 nitrogen and oxygen atoms in total. The quantitative estimate of drug-likeness (QED) is 0.217. The van der Waals surface area contributed by atoms with Crippen molar-refractivity contribution in [1.82, 2.24) is 4.57 Å². The van der Waals surface area contributed by atoms with Gasteiger partial charge in [-0.1, -0.05) is 34.8 Å². The molecule has 3 rings (SSSR count). The Morgan fingerprint density at radius 3 is 2.33 bits per heavy atom. The van der Waals surface area contributed by atoms with Crippen LogP contribution in [0.25, 0.3) is 5.69 Å². The molecule has 0 aliphatic rings. The summed E-state index contributed by atoms with van der Waals surface area (Å²) >= 11 is 19.3. The number of hydrogen-bond donors (Lipinski definition) is 0. The van der Waals surface area contributed by atoms with Crippen molar-refractivity contribution >= 4 is 58.3 Å². The van der Waals surface area contributed by atoms with Crippen molar-refractivity contribution in [1.29, 1.82) is 0 Å². The molecule has 0 fully saturated rings. The van der Waals surface area contributed by atoms with Gasteiger partial charge in [0.15, 0.2) is 6.61 Å². The van der Waals surface area contributed by atoms with Gasteiger partial charge < -0.3 is 9.30 Å². The van der Waals surface area contributed by atoms with Gasteiger partial charge >= 0.3 is 5.97 Å². The van der Waals surface area contributed by atoms with Gasteiger partial charge in [0.2, 0.25) is 5.78 Å². The molecule has 0 aliphatic carbocycles. The summed E-state index contributed by atoms with van der Waals surface area (Å²) in [6.07, 6.45) is 0. The van der Waals surface area contributed by atoms with Crippen molar-refractivity contribution < 1.29 is 14.3 Å². The minimum atomic E-state index is -0.457. The molecule has 0 atom stereocenters. The van der Waals surface area contributed by atoms with Crippen molar-refractivity contribution in [2.24, 2.45) is 0 Å². The standard InChI is InChI=1S/C22H18Cl3NO3S/c1-13-9-18(14(2)26(13)16-5-8-19(24)20(25)10-16)21(27)11-29-22(28)12-30-17-6-3-15(23)4-7-17/h3-10H,11-12H2,1-2H3. The first-order valence-electron chi connectivity index (χ1n) is 8.98. The topological polar surface area (TPSA) is 48.3 Å². The Labute approximate surface area is 194 Å². The second-order valence-corrected chi connectivity index (χ2v) is 8.84. The van der Waals surface area contributed by atoms with Gasteiger partial charge in [-0.25, -0.2) is 0 Å². The van der Waals surface area contributed by atoms with Crippen molar-refractivity contribution in [2.45, 2.75) is 18.7 Å². The number of Topliss-reactive ketones (excluding diaryl/α,β-unsaturated/α-hetero) is 1. The van der Waals surface area contributed by atoms with Crippen molar-refractivity contribution in [2.75, 3.05) is 12.4 Å². The summed E-state index contributed by atoms with van der Waals surface area (Å²) in [7, 11) is 0. The molecular weight excluding hydrogens is 465 g/mol. The fraction of sp³-hybridized carbons (Fsp3) is 0.182. The molecule has 3 aromatic rings. The van der Waals surface area contributed by atoms with E-state index in [1.54, 1.807) is 30.3 Å². The molecule has 1 heterocycles. The summed E-state index contributed by atoms with van der Waals surface area (Å²) in [5, 5.41) is 1.52. The van der Waals surface area contributed by atoms with Crippen LogP contribution in [0.1, 0.15) is 21.7 Å². The van der Waals surface area contributed by atoms with Crippen LogP contribution >= 0.6 is 46.6 Å². The van der Waals surface area contributed by atoms with Crippen LogP contribution in [0.3, 0.4) is 0 Å². The number of thioether (sulfide) groups is 1. The number of benzene rings is 2. The summed E-state index contributed by atoms with van der Waals surface area (Å²) in [5.74, 6) is -0.613. The van der Waals surface area contributed by atoms with E-state index in [0.29, 0.717) is 20.6 Å². The number of rotatable bonds is 7. The Morgan fingerprint density at radius 2 is 1.67 bits per heavy atom. The third-order valence-corrected chi connectivity index (χ3v) is 6.40. The highest BCUT2D eigenvalue weighted by atomic mass is 35.5. The van der Waals surface area contributed by atoms with Crippen LogP contribution in [0.15, 0.2) is 53.4 Å². The lowest BCUT2D eigenvalue weighted by atomic mass is 10.1. The number of halogens is 3. The van der Waals surface area contributed by atoms with Crippen LogP contribution in [-0.4, -0.2) is 28.7 Å². The predicted octanol–water partition coefficient (Wildman–Crippen LogP) is 6.57. The molecule has 2 aromatic carbocycles. The Balaban J connectivity index is 1.63. The third-order valence-electron chi connectivity index (χ3n) is 4.43. The van der Waals surface area contributed by atoms with Gasteiger partial charge in [0, 0.05) is 32.6 Å². The second kappa shape index (κ2) is 9.92.